The van der Waals surface area contributed by atoms with Gasteiger partial charge in [-0.15, -0.1) is 0 Å². The molecule has 0 aliphatic carbocycles. The molecule has 3 amide bonds. The maximum atomic E-state index is 12.8. The number of anilines is 2. The Morgan fingerprint density at radius 2 is 1.91 bits per heavy atom. The van der Waals surface area contributed by atoms with E-state index < -0.39 is 36.3 Å². The van der Waals surface area contributed by atoms with Crippen LogP contribution in [0.3, 0.4) is 0 Å². The minimum absolute atomic E-state index is 0.00152. The molecular formula is C23H24F3N3O5. The molecule has 1 saturated heterocycles. The number of hydrogen-bond donors (Lipinski definition) is 3. The van der Waals surface area contributed by atoms with Crippen LogP contribution < -0.4 is 20.3 Å². The summed E-state index contributed by atoms with van der Waals surface area (Å²) in [4.78, 5) is 38.0. The summed E-state index contributed by atoms with van der Waals surface area (Å²) in [5.74, 6) is -1.36. The van der Waals surface area contributed by atoms with Crippen LogP contribution in [-0.4, -0.2) is 48.6 Å². The van der Waals surface area contributed by atoms with Gasteiger partial charge in [-0.1, -0.05) is 6.07 Å². The van der Waals surface area contributed by atoms with Crippen LogP contribution in [-0.2, 0) is 20.6 Å². The average molecular weight is 479 g/mol. The largest absolute Gasteiger partial charge is 0.484 e. The number of ether oxygens (including phenoxy) is 1. The van der Waals surface area contributed by atoms with Crippen LogP contribution in [0.5, 0.6) is 5.75 Å². The molecule has 1 fully saturated rings. The standard InChI is InChI=1S/C23H24F3N3O5/c1-14(30)11-27-22(33)15-9-21(32)29(12-15)18-5-7-19(8-6-18)34-13-20(31)28-17-4-2-3-16(10-17)23(24,25)26/h2-8,10,14-15,30H,9,11-13H2,1H3,(H,27,33)(H,28,31)/t14-,15-/m0/s1. The van der Waals surface area contributed by atoms with Gasteiger partial charge in [0.1, 0.15) is 5.75 Å². The van der Waals surface area contributed by atoms with E-state index in [-0.39, 0.29) is 37.0 Å². The van der Waals surface area contributed by atoms with Crippen LogP contribution in [0.2, 0.25) is 0 Å². The zero-order valence-electron chi connectivity index (χ0n) is 18.3. The molecule has 8 nitrogen and oxygen atoms in total. The molecule has 2 atom stereocenters. The van der Waals surface area contributed by atoms with Gasteiger partial charge in [-0.2, -0.15) is 13.2 Å². The van der Waals surface area contributed by atoms with Gasteiger partial charge in [-0.3, -0.25) is 14.4 Å². The van der Waals surface area contributed by atoms with Crippen molar-refractivity contribution >= 4 is 29.1 Å². The van der Waals surface area contributed by atoms with Gasteiger partial charge >= 0.3 is 6.18 Å². The van der Waals surface area contributed by atoms with Crippen LogP contribution in [0, 0.1) is 5.92 Å². The fourth-order valence-corrected chi connectivity index (χ4v) is 3.37. The first-order valence-corrected chi connectivity index (χ1v) is 10.5. The Kier molecular flexibility index (Phi) is 7.77. The van der Waals surface area contributed by atoms with Crippen molar-refractivity contribution in [3.63, 3.8) is 0 Å². The molecule has 3 rings (SSSR count). The second-order valence-corrected chi connectivity index (χ2v) is 7.91. The lowest BCUT2D eigenvalue weighted by Gasteiger charge is -2.17. The van der Waals surface area contributed by atoms with Gasteiger partial charge in [0.05, 0.1) is 17.6 Å². The summed E-state index contributed by atoms with van der Waals surface area (Å²) >= 11 is 0. The highest BCUT2D eigenvalue weighted by atomic mass is 19.4. The van der Waals surface area contributed by atoms with Crippen LogP contribution in [0.15, 0.2) is 48.5 Å². The van der Waals surface area contributed by atoms with Gasteiger partial charge in [0.25, 0.3) is 5.91 Å². The third-order valence-corrected chi connectivity index (χ3v) is 5.06. The summed E-state index contributed by atoms with van der Waals surface area (Å²) in [5.41, 5.74) is -0.323. The summed E-state index contributed by atoms with van der Waals surface area (Å²) < 4.78 is 43.7. The Morgan fingerprint density at radius 1 is 1.21 bits per heavy atom. The molecule has 11 heteroatoms. The van der Waals surface area contributed by atoms with E-state index in [4.69, 9.17) is 4.74 Å². The highest BCUT2D eigenvalue weighted by molar-refractivity contribution is 6.00. The fraction of sp³-hybridized carbons (Fsp3) is 0.348. The molecule has 2 aromatic carbocycles. The SMILES string of the molecule is C[C@H](O)CNC(=O)[C@H]1CC(=O)N(c2ccc(OCC(=O)Nc3cccc(C(F)(F)F)c3)cc2)C1. The average Bonchev–Trinajstić information content (AvgIpc) is 3.17. The van der Waals surface area contributed by atoms with E-state index in [0.717, 1.165) is 12.1 Å². The Bertz CT molecular complexity index is 1040. The topological polar surface area (TPSA) is 108 Å². The third kappa shape index (κ3) is 6.70. The molecule has 2 aromatic rings. The number of aliphatic hydroxyl groups excluding tert-OH is 1. The monoisotopic (exact) mass is 479 g/mol. The normalized spacial score (nSPS) is 16.8. The van der Waals surface area contributed by atoms with Crippen molar-refractivity contribution in [1.29, 1.82) is 0 Å². The van der Waals surface area contributed by atoms with E-state index >= 15 is 0 Å². The molecule has 182 valence electrons. The zero-order chi connectivity index (χ0) is 24.9. The number of benzene rings is 2. The van der Waals surface area contributed by atoms with E-state index in [2.05, 4.69) is 10.6 Å². The van der Waals surface area contributed by atoms with Crippen molar-refractivity contribution in [1.82, 2.24) is 5.32 Å². The van der Waals surface area contributed by atoms with Crippen molar-refractivity contribution in [3.05, 3.63) is 54.1 Å². The smallest absolute Gasteiger partial charge is 0.416 e. The molecule has 0 saturated carbocycles. The van der Waals surface area contributed by atoms with E-state index in [1.807, 2.05) is 0 Å². The summed E-state index contributed by atoms with van der Waals surface area (Å²) in [6, 6.07) is 10.6. The first-order chi connectivity index (χ1) is 16.0. The fourth-order valence-electron chi connectivity index (χ4n) is 3.37. The minimum atomic E-state index is -4.52. The lowest BCUT2D eigenvalue weighted by Crippen LogP contribution is -2.36. The lowest BCUT2D eigenvalue weighted by atomic mass is 10.1. The highest BCUT2D eigenvalue weighted by Gasteiger charge is 2.35. The molecule has 34 heavy (non-hydrogen) atoms. The number of rotatable bonds is 8. The van der Waals surface area contributed by atoms with Crippen molar-refractivity contribution in [2.75, 3.05) is 29.9 Å². The second kappa shape index (κ2) is 10.6. The first-order valence-electron chi connectivity index (χ1n) is 10.5. The predicted octanol–water partition coefficient (Wildman–Crippen LogP) is 2.57. The maximum Gasteiger partial charge on any atom is 0.416 e. The quantitative estimate of drug-likeness (QED) is 0.540. The first kappa shape index (κ1) is 25.0. The van der Waals surface area contributed by atoms with Gasteiger partial charge in [-0.05, 0) is 49.4 Å². The summed E-state index contributed by atoms with van der Waals surface area (Å²) in [5, 5.41) is 14.2. The van der Waals surface area contributed by atoms with E-state index in [0.29, 0.717) is 11.4 Å². The maximum absolute atomic E-state index is 12.8. The van der Waals surface area contributed by atoms with Gasteiger partial charge < -0.3 is 25.4 Å². The molecule has 3 N–H and O–H groups in total. The van der Waals surface area contributed by atoms with Gasteiger partial charge in [0, 0.05) is 30.9 Å². The number of carbonyl (C=O) groups excluding carboxylic acids is 3. The molecular weight excluding hydrogens is 455 g/mol. The van der Waals surface area contributed by atoms with Gasteiger partial charge in [0.15, 0.2) is 6.61 Å². The lowest BCUT2D eigenvalue weighted by molar-refractivity contribution is -0.137. The molecule has 1 heterocycles. The Hall–Kier alpha value is -3.60. The zero-order valence-corrected chi connectivity index (χ0v) is 18.3. The van der Waals surface area contributed by atoms with Crippen LogP contribution in [0.1, 0.15) is 18.9 Å². The highest BCUT2D eigenvalue weighted by Crippen LogP contribution is 2.31. The number of aliphatic hydroxyl groups is 1. The number of alkyl halides is 3. The molecule has 0 unspecified atom stereocenters. The molecule has 0 spiro atoms. The van der Waals surface area contributed by atoms with Crippen molar-refractivity contribution < 1.29 is 37.4 Å². The van der Waals surface area contributed by atoms with Crippen LogP contribution >= 0.6 is 0 Å². The molecule has 1 aliphatic heterocycles. The summed E-state index contributed by atoms with van der Waals surface area (Å²) in [7, 11) is 0. The van der Waals surface area contributed by atoms with Gasteiger partial charge in [-0.25, -0.2) is 0 Å². The molecule has 0 radical (unpaired) electrons. The van der Waals surface area contributed by atoms with Crippen LogP contribution in [0.25, 0.3) is 0 Å². The number of carbonyl (C=O) groups is 3. The number of halogens is 3. The third-order valence-electron chi connectivity index (χ3n) is 5.06. The molecule has 0 aromatic heterocycles. The Balaban J connectivity index is 1.52. The van der Waals surface area contributed by atoms with Crippen molar-refractivity contribution in [2.24, 2.45) is 5.92 Å². The number of nitrogens with zero attached hydrogens (tertiary/aromatic N) is 1. The number of hydrogen-bond acceptors (Lipinski definition) is 5. The van der Waals surface area contributed by atoms with E-state index in [9.17, 15) is 32.7 Å². The summed E-state index contributed by atoms with van der Waals surface area (Å²) in [6.45, 7) is 1.43. The van der Waals surface area contributed by atoms with Crippen molar-refractivity contribution in [2.45, 2.75) is 25.6 Å². The molecule has 1 aliphatic rings. The number of nitrogens with one attached hydrogen (secondary N) is 2. The van der Waals surface area contributed by atoms with E-state index in [1.165, 1.54) is 17.0 Å². The second-order valence-electron chi connectivity index (χ2n) is 7.91. The number of amides is 3. The minimum Gasteiger partial charge on any atom is -0.484 e. The Morgan fingerprint density at radius 3 is 2.56 bits per heavy atom. The Labute approximate surface area is 193 Å². The van der Waals surface area contributed by atoms with E-state index in [1.54, 1.807) is 31.2 Å². The van der Waals surface area contributed by atoms with Gasteiger partial charge in [0.2, 0.25) is 11.8 Å². The van der Waals surface area contributed by atoms with Crippen LogP contribution in [0.4, 0.5) is 24.5 Å². The molecule has 0 bridgehead atoms. The summed E-state index contributed by atoms with van der Waals surface area (Å²) in [6.07, 6.45) is -5.14. The van der Waals surface area contributed by atoms with Crippen molar-refractivity contribution in [3.8, 4) is 5.75 Å². The predicted molar refractivity (Wildman–Crippen MR) is 117 cm³/mol.